The minimum Gasteiger partial charge on any atom is -0.365 e. The minimum absolute atomic E-state index is 0.185. The first-order chi connectivity index (χ1) is 19.2. The topological polar surface area (TPSA) is 49.9 Å². The van der Waals surface area contributed by atoms with Crippen LogP contribution in [0.25, 0.3) is 15.6 Å². The molecule has 6 nitrogen and oxygen atoms in total. The van der Waals surface area contributed by atoms with E-state index in [0.29, 0.717) is 6.54 Å². The highest BCUT2D eigenvalue weighted by Crippen LogP contribution is 2.28. The second-order valence-electron chi connectivity index (χ2n) is 10.6. The Balaban J connectivity index is 1.13. The van der Waals surface area contributed by atoms with Crippen LogP contribution < -0.4 is 5.32 Å². The summed E-state index contributed by atoms with van der Waals surface area (Å²) in [6.07, 6.45) is 4.98. The Hall–Kier alpha value is -3.84. The number of nitriles is 1. The van der Waals surface area contributed by atoms with E-state index in [4.69, 9.17) is 6.57 Å². The average Bonchev–Trinajstić information content (AvgIpc) is 3.37. The van der Waals surface area contributed by atoms with Crippen molar-refractivity contribution >= 4 is 10.8 Å². The predicted molar refractivity (Wildman–Crippen MR) is 157 cm³/mol. The average molecular weight is 519 g/mol. The molecule has 3 aromatic rings. The molecule has 39 heavy (non-hydrogen) atoms. The van der Waals surface area contributed by atoms with Gasteiger partial charge in [0.15, 0.2) is 0 Å². The Morgan fingerprint density at radius 2 is 1.59 bits per heavy atom. The van der Waals surface area contributed by atoms with Gasteiger partial charge >= 0.3 is 5.70 Å². The standard InChI is InChI=1S/C33H38N6/c1-35-32(23-34)33-38(21-22-39(33)26-30-11-7-10-29-9-3-4-12-31(29)30)20-8-17-36-24-27-13-15-28(16-14-27)25-37-18-5-2-6-19-37/h3-4,7,9-16,36H,2,5-6,8,17-22,24-26H2. The molecule has 0 bridgehead atoms. The smallest absolute Gasteiger partial charge is 0.300 e. The molecular weight excluding hydrogens is 480 g/mol. The molecule has 0 amide bonds. The lowest BCUT2D eigenvalue weighted by Gasteiger charge is -2.26. The molecular formula is C33H38N6. The summed E-state index contributed by atoms with van der Waals surface area (Å²) in [6.45, 7) is 16.0. The van der Waals surface area contributed by atoms with Gasteiger partial charge in [0.05, 0.1) is 12.6 Å². The van der Waals surface area contributed by atoms with E-state index in [2.05, 4.69) is 97.7 Å². The Kier molecular flexibility index (Phi) is 9.12. The fourth-order valence-electron chi connectivity index (χ4n) is 5.85. The summed E-state index contributed by atoms with van der Waals surface area (Å²) in [6, 6.07) is 25.9. The van der Waals surface area contributed by atoms with Crippen molar-refractivity contribution in [2.75, 3.05) is 39.3 Å². The van der Waals surface area contributed by atoms with Crippen molar-refractivity contribution in [1.29, 1.82) is 5.26 Å². The normalized spacial score (nSPS) is 17.3. The molecule has 2 saturated heterocycles. The molecule has 0 unspecified atom stereocenters. The molecule has 0 aliphatic carbocycles. The van der Waals surface area contributed by atoms with E-state index in [0.717, 1.165) is 51.5 Å². The monoisotopic (exact) mass is 518 g/mol. The first-order valence-electron chi connectivity index (χ1n) is 14.2. The van der Waals surface area contributed by atoms with Gasteiger partial charge in [0.25, 0.3) is 0 Å². The van der Waals surface area contributed by atoms with Gasteiger partial charge in [-0.3, -0.25) is 4.90 Å². The Labute approximate surface area is 232 Å². The van der Waals surface area contributed by atoms with Crippen LogP contribution in [0.5, 0.6) is 0 Å². The summed E-state index contributed by atoms with van der Waals surface area (Å²) in [5, 5.41) is 15.7. The Morgan fingerprint density at radius 1 is 0.846 bits per heavy atom. The molecule has 0 spiro atoms. The molecule has 0 aromatic heterocycles. The maximum Gasteiger partial charge on any atom is 0.300 e. The molecule has 2 aliphatic rings. The second-order valence-corrected chi connectivity index (χ2v) is 10.6. The van der Waals surface area contributed by atoms with E-state index >= 15 is 0 Å². The first-order valence-corrected chi connectivity index (χ1v) is 14.2. The van der Waals surface area contributed by atoms with E-state index in [1.165, 1.54) is 59.8 Å². The molecule has 2 heterocycles. The number of likely N-dealkylation sites (tertiary alicyclic amines) is 1. The second kappa shape index (κ2) is 13.3. The zero-order valence-electron chi connectivity index (χ0n) is 22.8. The highest BCUT2D eigenvalue weighted by Gasteiger charge is 2.28. The van der Waals surface area contributed by atoms with Gasteiger partial charge in [0, 0.05) is 39.3 Å². The number of fused-ring (bicyclic) bond motifs is 1. The third kappa shape index (κ3) is 6.79. The summed E-state index contributed by atoms with van der Waals surface area (Å²) in [5.74, 6) is 0.782. The molecule has 2 aliphatic heterocycles. The zero-order valence-corrected chi connectivity index (χ0v) is 22.8. The number of piperidine rings is 1. The van der Waals surface area contributed by atoms with Gasteiger partial charge in [0.2, 0.25) is 0 Å². The van der Waals surface area contributed by atoms with Crippen LogP contribution in [0, 0.1) is 17.9 Å². The number of nitrogens with one attached hydrogen (secondary N) is 1. The SMILES string of the molecule is [C-]#[N+]C(C#N)=C1N(CCCNCc2ccc(CN3CCCCC3)cc2)CCN1Cc1cccc2ccccc12. The van der Waals surface area contributed by atoms with Crippen LogP contribution in [-0.4, -0.2) is 54.0 Å². The quantitative estimate of drug-likeness (QED) is 0.211. The summed E-state index contributed by atoms with van der Waals surface area (Å²) in [5.41, 5.74) is 4.11. The van der Waals surface area contributed by atoms with Crippen molar-refractivity contribution in [2.24, 2.45) is 0 Å². The van der Waals surface area contributed by atoms with Crippen LogP contribution in [0.3, 0.4) is 0 Å². The highest BCUT2D eigenvalue weighted by atomic mass is 15.4. The van der Waals surface area contributed by atoms with E-state index in [-0.39, 0.29) is 5.70 Å². The number of nitrogens with zero attached hydrogens (tertiary/aromatic N) is 5. The highest BCUT2D eigenvalue weighted by molar-refractivity contribution is 5.85. The molecule has 3 aromatic carbocycles. The number of allylic oxidation sites excluding steroid dienone is 1. The number of benzene rings is 3. The van der Waals surface area contributed by atoms with Gasteiger partial charge in [-0.25, -0.2) is 10.1 Å². The van der Waals surface area contributed by atoms with Crippen molar-refractivity contribution in [3.05, 3.63) is 106 Å². The van der Waals surface area contributed by atoms with Crippen LogP contribution >= 0.6 is 0 Å². The molecule has 1 N–H and O–H groups in total. The lowest BCUT2D eigenvalue weighted by Crippen LogP contribution is -2.29. The van der Waals surface area contributed by atoms with Crippen molar-refractivity contribution in [3.63, 3.8) is 0 Å². The summed E-state index contributed by atoms with van der Waals surface area (Å²) in [7, 11) is 0. The van der Waals surface area contributed by atoms with E-state index < -0.39 is 0 Å². The fourth-order valence-corrected chi connectivity index (χ4v) is 5.85. The predicted octanol–water partition coefficient (Wildman–Crippen LogP) is 5.74. The van der Waals surface area contributed by atoms with Crippen LogP contribution in [0.4, 0.5) is 0 Å². The summed E-state index contributed by atoms with van der Waals surface area (Å²) < 4.78 is 0. The van der Waals surface area contributed by atoms with Gasteiger partial charge in [-0.05, 0) is 66.4 Å². The van der Waals surface area contributed by atoms with Crippen molar-refractivity contribution in [1.82, 2.24) is 20.0 Å². The van der Waals surface area contributed by atoms with Crippen LogP contribution in [0.1, 0.15) is 42.4 Å². The zero-order chi connectivity index (χ0) is 26.9. The third-order valence-electron chi connectivity index (χ3n) is 7.90. The number of hydrogen-bond donors (Lipinski definition) is 1. The van der Waals surface area contributed by atoms with Crippen molar-refractivity contribution in [2.45, 2.75) is 45.3 Å². The van der Waals surface area contributed by atoms with Gasteiger partial charge in [-0.15, -0.1) is 0 Å². The molecule has 0 atom stereocenters. The van der Waals surface area contributed by atoms with Crippen LogP contribution in [0.15, 0.2) is 78.2 Å². The van der Waals surface area contributed by atoms with E-state index in [9.17, 15) is 5.26 Å². The number of hydrogen-bond acceptors (Lipinski definition) is 5. The van der Waals surface area contributed by atoms with Crippen molar-refractivity contribution in [3.8, 4) is 6.07 Å². The van der Waals surface area contributed by atoms with Gasteiger partial charge in [0.1, 0.15) is 5.82 Å². The summed E-state index contributed by atoms with van der Waals surface area (Å²) in [4.78, 5) is 10.6. The molecule has 200 valence electrons. The van der Waals surface area contributed by atoms with Crippen LogP contribution in [-0.2, 0) is 19.6 Å². The molecule has 0 saturated carbocycles. The van der Waals surface area contributed by atoms with Gasteiger partial charge in [-0.2, -0.15) is 0 Å². The van der Waals surface area contributed by atoms with E-state index in [1.807, 2.05) is 0 Å². The Morgan fingerprint density at radius 3 is 2.38 bits per heavy atom. The lowest BCUT2D eigenvalue weighted by molar-refractivity contribution is 0.221. The summed E-state index contributed by atoms with van der Waals surface area (Å²) >= 11 is 0. The molecule has 0 radical (unpaired) electrons. The van der Waals surface area contributed by atoms with Gasteiger partial charge in [-0.1, -0.05) is 73.2 Å². The molecule has 6 heteroatoms. The third-order valence-corrected chi connectivity index (χ3v) is 7.90. The Bertz CT molecular complexity index is 1340. The maximum absolute atomic E-state index is 9.72. The largest absolute Gasteiger partial charge is 0.365 e. The van der Waals surface area contributed by atoms with Gasteiger partial charge < -0.3 is 15.1 Å². The lowest BCUT2D eigenvalue weighted by atomic mass is 10.0. The minimum atomic E-state index is 0.185. The maximum atomic E-state index is 9.72. The molecule has 5 rings (SSSR count). The molecule has 2 fully saturated rings. The fraction of sp³-hybridized carbons (Fsp3) is 0.394. The van der Waals surface area contributed by atoms with Crippen LogP contribution in [0.2, 0.25) is 0 Å². The van der Waals surface area contributed by atoms with E-state index in [1.54, 1.807) is 0 Å². The number of rotatable bonds is 10. The van der Waals surface area contributed by atoms with Crippen molar-refractivity contribution < 1.29 is 0 Å². The first kappa shape index (κ1) is 26.8.